The normalized spacial score (nSPS) is 17.8. The molecular weight excluding hydrogens is 240 g/mol. The minimum absolute atomic E-state index is 0.0844. The van der Waals surface area contributed by atoms with Crippen LogP contribution in [-0.4, -0.2) is 25.6 Å². The summed E-state index contributed by atoms with van der Waals surface area (Å²) in [7, 11) is 0. The van der Waals surface area contributed by atoms with E-state index < -0.39 is 0 Å². The first-order chi connectivity index (χ1) is 9.15. The summed E-state index contributed by atoms with van der Waals surface area (Å²) in [6.45, 7) is 6.36. The average Bonchev–Trinajstić information content (AvgIpc) is 2.42. The SMILES string of the molecule is CCOc1ccccc1NC(=O)C1(C)CCNCC1. The minimum Gasteiger partial charge on any atom is -0.492 e. The average molecular weight is 262 g/mol. The van der Waals surface area contributed by atoms with Gasteiger partial charge in [-0.1, -0.05) is 19.1 Å². The Morgan fingerprint density at radius 2 is 2.05 bits per heavy atom. The van der Waals surface area contributed by atoms with Crippen LogP contribution in [0.1, 0.15) is 26.7 Å². The van der Waals surface area contributed by atoms with Gasteiger partial charge in [-0.2, -0.15) is 0 Å². The predicted molar refractivity (Wildman–Crippen MR) is 76.5 cm³/mol. The van der Waals surface area contributed by atoms with Gasteiger partial charge in [-0.25, -0.2) is 0 Å². The first-order valence-corrected chi connectivity index (χ1v) is 6.90. The molecule has 1 fully saturated rings. The molecule has 0 unspecified atom stereocenters. The molecule has 1 heterocycles. The zero-order chi connectivity index (χ0) is 13.7. The van der Waals surface area contributed by atoms with E-state index in [-0.39, 0.29) is 11.3 Å². The van der Waals surface area contributed by atoms with Gasteiger partial charge in [0.25, 0.3) is 0 Å². The molecule has 1 aliphatic heterocycles. The van der Waals surface area contributed by atoms with E-state index in [0.29, 0.717) is 6.61 Å². The summed E-state index contributed by atoms with van der Waals surface area (Å²) in [4.78, 5) is 12.5. The largest absolute Gasteiger partial charge is 0.492 e. The minimum atomic E-state index is -0.287. The Morgan fingerprint density at radius 1 is 1.37 bits per heavy atom. The lowest BCUT2D eigenvalue weighted by Gasteiger charge is -2.32. The summed E-state index contributed by atoms with van der Waals surface area (Å²) in [5.41, 5.74) is 0.471. The molecular formula is C15H22N2O2. The van der Waals surface area contributed by atoms with E-state index in [4.69, 9.17) is 4.74 Å². The Hall–Kier alpha value is -1.55. The molecule has 0 radical (unpaired) electrons. The van der Waals surface area contributed by atoms with Gasteiger partial charge in [0.1, 0.15) is 5.75 Å². The highest BCUT2D eigenvalue weighted by molar-refractivity contribution is 5.96. The first kappa shape index (κ1) is 13.9. The van der Waals surface area contributed by atoms with Gasteiger partial charge < -0.3 is 15.4 Å². The van der Waals surface area contributed by atoms with E-state index in [1.54, 1.807) is 0 Å². The highest BCUT2D eigenvalue weighted by Crippen LogP contribution is 2.31. The van der Waals surface area contributed by atoms with Crippen LogP contribution < -0.4 is 15.4 Å². The van der Waals surface area contributed by atoms with E-state index in [0.717, 1.165) is 37.4 Å². The van der Waals surface area contributed by atoms with Crippen molar-refractivity contribution in [1.29, 1.82) is 0 Å². The second-order valence-electron chi connectivity index (χ2n) is 5.19. The molecule has 0 aliphatic carbocycles. The van der Waals surface area contributed by atoms with Crippen LogP contribution in [-0.2, 0) is 4.79 Å². The first-order valence-electron chi connectivity index (χ1n) is 6.90. The summed E-state index contributed by atoms with van der Waals surface area (Å²) in [5, 5.41) is 6.30. The molecule has 0 aromatic heterocycles. The Bertz CT molecular complexity index is 440. The van der Waals surface area contributed by atoms with Gasteiger partial charge in [-0.3, -0.25) is 4.79 Å². The number of anilines is 1. The molecule has 104 valence electrons. The maximum Gasteiger partial charge on any atom is 0.230 e. The number of piperidine rings is 1. The molecule has 1 aliphatic rings. The molecule has 0 bridgehead atoms. The van der Waals surface area contributed by atoms with Gasteiger partial charge in [0.05, 0.1) is 12.3 Å². The summed E-state index contributed by atoms with van der Waals surface area (Å²) in [6.07, 6.45) is 1.74. The van der Waals surface area contributed by atoms with Gasteiger partial charge in [0, 0.05) is 5.41 Å². The summed E-state index contributed by atoms with van der Waals surface area (Å²) in [5.74, 6) is 0.817. The van der Waals surface area contributed by atoms with Crippen LogP contribution in [0, 0.1) is 5.41 Å². The number of hydrogen-bond donors (Lipinski definition) is 2. The molecule has 2 N–H and O–H groups in total. The van der Waals surface area contributed by atoms with Crippen molar-refractivity contribution < 1.29 is 9.53 Å². The molecule has 1 aromatic carbocycles. The number of ether oxygens (including phenoxy) is 1. The van der Waals surface area contributed by atoms with Gasteiger partial charge in [-0.15, -0.1) is 0 Å². The number of nitrogens with one attached hydrogen (secondary N) is 2. The van der Waals surface area contributed by atoms with Crippen molar-refractivity contribution in [2.45, 2.75) is 26.7 Å². The smallest absolute Gasteiger partial charge is 0.230 e. The Labute approximate surface area is 114 Å². The lowest BCUT2D eigenvalue weighted by atomic mass is 9.80. The highest BCUT2D eigenvalue weighted by Gasteiger charge is 2.34. The number of hydrogen-bond acceptors (Lipinski definition) is 3. The molecule has 19 heavy (non-hydrogen) atoms. The van der Waals surface area contributed by atoms with Crippen molar-refractivity contribution in [3.8, 4) is 5.75 Å². The van der Waals surface area contributed by atoms with Crippen LogP contribution in [0.3, 0.4) is 0 Å². The second kappa shape index (κ2) is 6.06. The van der Waals surface area contributed by atoms with Crippen molar-refractivity contribution in [1.82, 2.24) is 5.32 Å². The summed E-state index contributed by atoms with van der Waals surface area (Å²) >= 11 is 0. The van der Waals surface area contributed by atoms with Crippen molar-refractivity contribution in [2.75, 3.05) is 25.0 Å². The molecule has 4 heteroatoms. The summed E-state index contributed by atoms with van der Waals surface area (Å²) < 4.78 is 5.53. The predicted octanol–water partition coefficient (Wildman–Crippen LogP) is 2.41. The topological polar surface area (TPSA) is 50.4 Å². The number of para-hydroxylation sites is 2. The Balaban J connectivity index is 2.10. The highest BCUT2D eigenvalue weighted by atomic mass is 16.5. The third-order valence-corrected chi connectivity index (χ3v) is 3.69. The maximum absolute atomic E-state index is 12.5. The Kier molecular flexibility index (Phi) is 4.43. The fraction of sp³-hybridized carbons (Fsp3) is 0.533. The fourth-order valence-corrected chi connectivity index (χ4v) is 2.33. The van der Waals surface area contributed by atoms with Crippen molar-refractivity contribution in [3.05, 3.63) is 24.3 Å². The quantitative estimate of drug-likeness (QED) is 0.876. The summed E-state index contributed by atoms with van der Waals surface area (Å²) in [6, 6.07) is 7.58. The van der Waals surface area contributed by atoms with Crippen LogP contribution in [0.4, 0.5) is 5.69 Å². The molecule has 4 nitrogen and oxygen atoms in total. The van der Waals surface area contributed by atoms with Gasteiger partial charge >= 0.3 is 0 Å². The number of amides is 1. The fourth-order valence-electron chi connectivity index (χ4n) is 2.33. The maximum atomic E-state index is 12.5. The number of benzene rings is 1. The van der Waals surface area contributed by atoms with E-state index in [9.17, 15) is 4.79 Å². The third kappa shape index (κ3) is 3.26. The standard InChI is InChI=1S/C15H22N2O2/c1-3-19-13-7-5-4-6-12(13)17-14(18)15(2)8-10-16-11-9-15/h4-7,16H,3,8-11H2,1-2H3,(H,17,18). The molecule has 1 aromatic rings. The van der Waals surface area contributed by atoms with Crippen LogP contribution in [0.5, 0.6) is 5.75 Å². The lowest BCUT2D eigenvalue weighted by Crippen LogP contribution is -2.42. The van der Waals surface area contributed by atoms with Crippen LogP contribution in [0.15, 0.2) is 24.3 Å². The zero-order valence-corrected chi connectivity index (χ0v) is 11.7. The number of rotatable bonds is 4. The van der Waals surface area contributed by atoms with Gasteiger partial charge in [0.2, 0.25) is 5.91 Å². The van der Waals surface area contributed by atoms with E-state index in [1.807, 2.05) is 38.1 Å². The molecule has 0 saturated carbocycles. The number of carbonyl (C=O) groups excluding carboxylic acids is 1. The van der Waals surface area contributed by atoms with E-state index in [2.05, 4.69) is 10.6 Å². The zero-order valence-electron chi connectivity index (χ0n) is 11.7. The second-order valence-corrected chi connectivity index (χ2v) is 5.19. The molecule has 1 amide bonds. The number of carbonyl (C=O) groups is 1. The van der Waals surface area contributed by atoms with Crippen LogP contribution >= 0.6 is 0 Å². The Morgan fingerprint density at radius 3 is 2.74 bits per heavy atom. The molecule has 2 rings (SSSR count). The molecule has 0 atom stereocenters. The third-order valence-electron chi connectivity index (χ3n) is 3.69. The lowest BCUT2D eigenvalue weighted by molar-refractivity contribution is -0.126. The van der Waals surface area contributed by atoms with Gasteiger partial charge in [0.15, 0.2) is 0 Å². The van der Waals surface area contributed by atoms with Crippen LogP contribution in [0.25, 0.3) is 0 Å². The molecule has 1 saturated heterocycles. The van der Waals surface area contributed by atoms with Crippen molar-refractivity contribution >= 4 is 11.6 Å². The van der Waals surface area contributed by atoms with Crippen LogP contribution in [0.2, 0.25) is 0 Å². The van der Waals surface area contributed by atoms with Crippen molar-refractivity contribution in [3.63, 3.8) is 0 Å². The monoisotopic (exact) mass is 262 g/mol. The van der Waals surface area contributed by atoms with E-state index >= 15 is 0 Å². The van der Waals surface area contributed by atoms with Gasteiger partial charge in [-0.05, 0) is 45.0 Å². The van der Waals surface area contributed by atoms with E-state index in [1.165, 1.54) is 0 Å². The van der Waals surface area contributed by atoms with Crippen molar-refractivity contribution in [2.24, 2.45) is 5.41 Å². The molecule has 0 spiro atoms.